The van der Waals surface area contributed by atoms with Gasteiger partial charge in [-0.05, 0) is 13.8 Å². The highest BCUT2D eigenvalue weighted by molar-refractivity contribution is 5.32. The van der Waals surface area contributed by atoms with Crippen molar-refractivity contribution in [1.29, 1.82) is 0 Å². The van der Waals surface area contributed by atoms with Gasteiger partial charge in [0.25, 0.3) is 6.47 Å². The molecule has 9 nitrogen and oxygen atoms in total. The van der Waals surface area contributed by atoms with Gasteiger partial charge in [0.05, 0.1) is 11.8 Å². The van der Waals surface area contributed by atoms with Crippen molar-refractivity contribution in [3.8, 4) is 0 Å². The molecule has 1 aliphatic rings. The Balaban J connectivity index is 0.000000647. The van der Waals surface area contributed by atoms with Gasteiger partial charge in [-0.1, -0.05) is 5.16 Å². The van der Waals surface area contributed by atoms with Gasteiger partial charge in [0.2, 0.25) is 0 Å². The Bertz CT molecular complexity index is 641. The van der Waals surface area contributed by atoms with Crippen molar-refractivity contribution < 1.29 is 19.5 Å². The van der Waals surface area contributed by atoms with E-state index in [1.54, 1.807) is 6.33 Å². The van der Waals surface area contributed by atoms with Gasteiger partial charge in [0, 0.05) is 44.6 Å². The van der Waals surface area contributed by atoms with Gasteiger partial charge < -0.3 is 19.3 Å². The zero-order valence-corrected chi connectivity index (χ0v) is 13.9. The van der Waals surface area contributed by atoms with E-state index in [0.717, 1.165) is 43.3 Å². The highest BCUT2D eigenvalue weighted by atomic mass is 16.5. The number of likely N-dealkylation sites (tertiary alicyclic amines) is 1. The maximum absolute atomic E-state index is 10.2. The number of carbonyl (C=O) groups is 1. The Morgan fingerprint density at radius 3 is 2.71 bits per heavy atom. The van der Waals surface area contributed by atoms with E-state index in [9.17, 15) is 5.11 Å². The zero-order chi connectivity index (χ0) is 17.5. The lowest BCUT2D eigenvalue weighted by atomic mass is 10.0. The highest BCUT2D eigenvalue weighted by Gasteiger charge is 2.31. The molecule has 0 unspecified atom stereocenters. The quantitative estimate of drug-likeness (QED) is 0.739. The van der Waals surface area contributed by atoms with Crippen molar-refractivity contribution in [2.24, 2.45) is 5.92 Å². The molecule has 0 aliphatic carbocycles. The zero-order valence-electron chi connectivity index (χ0n) is 13.9. The summed E-state index contributed by atoms with van der Waals surface area (Å²) in [6.45, 7) is 6.93. The van der Waals surface area contributed by atoms with E-state index in [0.29, 0.717) is 6.54 Å². The second-order valence-electron chi connectivity index (χ2n) is 5.90. The maximum atomic E-state index is 10.2. The molecule has 2 N–H and O–H groups in total. The van der Waals surface area contributed by atoms with Crippen molar-refractivity contribution in [1.82, 2.24) is 24.8 Å². The molecule has 2 aromatic heterocycles. The fourth-order valence-corrected chi connectivity index (χ4v) is 2.88. The summed E-state index contributed by atoms with van der Waals surface area (Å²) in [6.07, 6.45) is 2.18. The van der Waals surface area contributed by atoms with Crippen molar-refractivity contribution in [2.45, 2.75) is 32.9 Å². The maximum Gasteiger partial charge on any atom is 0.290 e. The van der Waals surface area contributed by atoms with Gasteiger partial charge in [0.15, 0.2) is 0 Å². The number of carboxylic acid groups (broad SMARTS) is 1. The number of nitrogens with zero attached hydrogens (tertiary/aromatic N) is 5. The van der Waals surface area contributed by atoms with Gasteiger partial charge in [-0.3, -0.25) is 9.69 Å². The highest BCUT2D eigenvalue weighted by Crippen LogP contribution is 2.21. The van der Waals surface area contributed by atoms with Crippen LogP contribution in [0.3, 0.4) is 0 Å². The Kier molecular flexibility index (Phi) is 6.44. The number of β-amino-alcohol motifs (C(OH)–C–C–N with tert-alkyl or cyclic N) is 1. The van der Waals surface area contributed by atoms with E-state index in [1.807, 2.05) is 24.5 Å². The second-order valence-corrected chi connectivity index (χ2v) is 5.90. The van der Waals surface area contributed by atoms with Crippen molar-refractivity contribution >= 4 is 6.47 Å². The third-order valence-electron chi connectivity index (χ3n) is 4.09. The van der Waals surface area contributed by atoms with Crippen LogP contribution in [0.15, 0.2) is 16.9 Å². The number of aliphatic hydroxyl groups is 1. The third kappa shape index (κ3) is 4.87. The molecule has 0 amide bonds. The first-order chi connectivity index (χ1) is 11.5. The van der Waals surface area contributed by atoms with Crippen molar-refractivity contribution in [3.63, 3.8) is 0 Å². The van der Waals surface area contributed by atoms with E-state index >= 15 is 0 Å². The third-order valence-corrected chi connectivity index (χ3v) is 4.09. The minimum Gasteiger partial charge on any atom is -0.483 e. The molecule has 132 valence electrons. The van der Waals surface area contributed by atoms with E-state index in [-0.39, 0.29) is 18.5 Å². The number of aryl methyl sites for hydroxylation is 2. The molecule has 1 fully saturated rings. The van der Waals surface area contributed by atoms with Crippen LogP contribution < -0.4 is 0 Å². The molecule has 0 radical (unpaired) electrons. The first kappa shape index (κ1) is 18.1. The summed E-state index contributed by atoms with van der Waals surface area (Å²) in [6, 6.07) is 1.94. The van der Waals surface area contributed by atoms with E-state index in [1.165, 1.54) is 0 Å². The molecule has 3 heterocycles. The molecule has 3 rings (SSSR count). The van der Waals surface area contributed by atoms with Crippen LogP contribution in [0.2, 0.25) is 0 Å². The average molecular weight is 337 g/mol. The molecular formula is C15H23N5O4. The van der Waals surface area contributed by atoms with Crippen LogP contribution in [0.4, 0.5) is 0 Å². The molecule has 0 spiro atoms. The molecular weight excluding hydrogens is 314 g/mol. The lowest BCUT2D eigenvalue weighted by Gasteiger charge is -2.15. The largest absolute Gasteiger partial charge is 0.483 e. The van der Waals surface area contributed by atoms with Crippen LogP contribution in [-0.2, 0) is 17.8 Å². The fourth-order valence-electron chi connectivity index (χ4n) is 2.88. The molecule has 2 atom stereocenters. The topological polar surface area (TPSA) is 118 Å². The van der Waals surface area contributed by atoms with Crippen LogP contribution in [0, 0.1) is 19.8 Å². The average Bonchev–Trinajstić information content (AvgIpc) is 3.21. The molecule has 0 saturated carbocycles. The fraction of sp³-hybridized carbons (Fsp3) is 0.600. The summed E-state index contributed by atoms with van der Waals surface area (Å²) >= 11 is 0. The first-order valence-corrected chi connectivity index (χ1v) is 7.78. The summed E-state index contributed by atoms with van der Waals surface area (Å²) < 4.78 is 7.27. The van der Waals surface area contributed by atoms with E-state index in [2.05, 4.69) is 20.3 Å². The summed E-state index contributed by atoms with van der Waals surface area (Å²) in [5, 5.41) is 28.8. The molecule has 1 aliphatic heterocycles. The second kappa shape index (κ2) is 8.55. The van der Waals surface area contributed by atoms with Crippen molar-refractivity contribution in [3.05, 3.63) is 29.7 Å². The lowest BCUT2D eigenvalue weighted by molar-refractivity contribution is -0.122. The summed E-state index contributed by atoms with van der Waals surface area (Å²) in [5.74, 6) is 1.98. The van der Waals surface area contributed by atoms with Gasteiger partial charge in [-0.2, -0.15) is 0 Å². The number of aliphatic hydroxyl groups excluding tert-OH is 1. The predicted molar refractivity (Wildman–Crippen MR) is 84.3 cm³/mol. The summed E-state index contributed by atoms with van der Waals surface area (Å²) in [7, 11) is 0. The predicted octanol–water partition coefficient (Wildman–Crippen LogP) is 0.119. The molecule has 1 saturated heterocycles. The molecule has 0 bridgehead atoms. The SMILES string of the molecule is Cc1cc(C[C@@H]2CN(CCn3cnnc3C)C[C@H]2O)on1.O=CO. The van der Waals surface area contributed by atoms with Crippen LogP contribution in [0.1, 0.15) is 17.3 Å². The molecule has 2 aromatic rings. The van der Waals surface area contributed by atoms with Crippen LogP contribution in [0.5, 0.6) is 0 Å². The molecule has 24 heavy (non-hydrogen) atoms. The number of aromatic nitrogens is 4. The van der Waals surface area contributed by atoms with E-state index in [4.69, 9.17) is 14.4 Å². The van der Waals surface area contributed by atoms with Gasteiger partial charge in [0.1, 0.15) is 17.9 Å². The standard InChI is InChI=1S/C14H21N5O2.CH2O2/c1-10-5-13(21-17-10)6-12-7-18(8-14(12)20)3-4-19-9-15-16-11(19)2;2-1-3/h5,9,12,14,20H,3-4,6-8H2,1-2H3;1H,(H,2,3)/t12-,14-;/m1./s1. The van der Waals surface area contributed by atoms with Gasteiger partial charge >= 0.3 is 0 Å². The Morgan fingerprint density at radius 1 is 1.38 bits per heavy atom. The lowest BCUT2D eigenvalue weighted by Crippen LogP contribution is -2.26. The minimum atomic E-state index is -0.308. The Labute approximate surface area is 139 Å². The Morgan fingerprint density at radius 2 is 2.12 bits per heavy atom. The van der Waals surface area contributed by atoms with Gasteiger partial charge in [-0.15, -0.1) is 10.2 Å². The number of hydrogen-bond acceptors (Lipinski definition) is 7. The number of rotatable bonds is 5. The molecule has 9 heteroatoms. The number of hydrogen-bond donors (Lipinski definition) is 2. The monoisotopic (exact) mass is 337 g/mol. The summed E-state index contributed by atoms with van der Waals surface area (Å²) in [5.41, 5.74) is 0.887. The van der Waals surface area contributed by atoms with Crippen LogP contribution in [0.25, 0.3) is 0 Å². The minimum absolute atomic E-state index is 0.208. The Hall–Kier alpha value is -2.26. The van der Waals surface area contributed by atoms with E-state index < -0.39 is 0 Å². The van der Waals surface area contributed by atoms with Crippen LogP contribution in [-0.4, -0.2) is 67.2 Å². The summed E-state index contributed by atoms with van der Waals surface area (Å²) in [4.78, 5) is 10.6. The van der Waals surface area contributed by atoms with Crippen LogP contribution >= 0.6 is 0 Å². The smallest absolute Gasteiger partial charge is 0.290 e. The molecule has 0 aromatic carbocycles. The normalized spacial score (nSPS) is 20.6. The first-order valence-electron chi connectivity index (χ1n) is 7.78. The van der Waals surface area contributed by atoms with Crippen molar-refractivity contribution in [2.75, 3.05) is 19.6 Å². The van der Waals surface area contributed by atoms with Gasteiger partial charge in [-0.25, -0.2) is 0 Å².